The predicted molar refractivity (Wildman–Crippen MR) is 71.4 cm³/mol. The van der Waals surface area contributed by atoms with Gasteiger partial charge in [0.1, 0.15) is 5.69 Å². The molecule has 0 unspecified atom stereocenters. The molecule has 0 radical (unpaired) electrons. The summed E-state index contributed by atoms with van der Waals surface area (Å²) in [7, 11) is 0. The zero-order valence-corrected chi connectivity index (χ0v) is 10.5. The molecule has 18 heavy (non-hydrogen) atoms. The Morgan fingerprint density at radius 1 is 1.56 bits per heavy atom. The number of anilines is 2. The molecule has 0 aromatic carbocycles. The first-order valence-electron chi connectivity index (χ1n) is 5.79. The van der Waals surface area contributed by atoms with Crippen LogP contribution >= 0.6 is 0 Å². The smallest absolute Gasteiger partial charge is 0.272 e. The maximum absolute atomic E-state index is 12.2. The topological polar surface area (TPSA) is 72.9 Å². The molecule has 94 valence electrons. The summed E-state index contributed by atoms with van der Waals surface area (Å²) in [6, 6.07) is 3.45. The van der Waals surface area contributed by atoms with Gasteiger partial charge in [0.2, 0.25) is 0 Å². The van der Waals surface area contributed by atoms with Crippen LogP contribution in [0.2, 0.25) is 0 Å². The number of carbonyl (C=O) groups is 1. The third kappa shape index (κ3) is 2.34. The van der Waals surface area contributed by atoms with Crippen molar-refractivity contribution in [3.63, 3.8) is 0 Å². The molecule has 5 nitrogen and oxygen atoms in total. The Morgan fingerprint density at radius 2 is 2.33 bits per heavy atom. The largest absolute Gasteiger partial charge is 0.397 e. The van der Waals surface area contributed by atoms with E-state index in [-0.39, 0.29) is 5.91 Å². The maximum Gasteiger partial charge on any atom is 0.272 e. The highest BCUT2D eigenvalue weighted by molar-refractivity contribution is 6.04. The number of amides is 1. The van der Waals surface area contributed by atoms with E-state index >= 15 is 0 Å². The van der Waals surface area contributed by atoms with E-state index in [9.17, 15) is 4.79 Å². The van der Waals surface area contributed by atoms with Gasteiger partial charge in [-0.15, -0.1) is 0 Å². The first-order chi connectivity index (χ1) is 8.61. The SMILES string of the molecule is CCn1cc(N)cc1C(=O)Nc1ccncc1C. The van der Waals surface area contributed by atoms with E-state index in [1.54, 1.807) is 30.7 Å². The van der Waals surface area contributed by atoms with E-state index in [1.807, 2.05) is 18.4 Å². The summed E-state index contributed by atoms with van der Waals surface area (Å²) in [6.07, 6.45) is 5.12. The van der Waals surface area contributed by atoms with Crippen molar-refractivity contribution < 1.29 is 4.79 Å². The second kappa shape index (κ2) is 4.91. The zero-order chi connectivity index (χ0) is 13.1. The maximum atomic E-state index is 12.2. The van der Waals surface area contributed by atoms with Gasteiger partial charge in [0.05, 0.1) is 5.69 Å². The van der Waals surface area contributed by atoms with Crippen molar-refractivity contribution in [3.05, 3.63) is 42.0 Å². The standard InChI is InChI=1S/C13H16N4O/c1-3-17-8-10(14)6-12(17)13(18)16-11-4-5-15-7-9(11)2/h4-8H,3,14H2,1-2H3,(H,15,16,18). The van der Waals surface area contributed by atoms with Crippen molar-refractivity contribution in [2.75, 3.05) is 11.1 Å². The molecular weight excluding hydrogens is 228 g/mol. The van der Waals surface area contributed by atoms with Gasteiger partial charge in [-0.05, 0) is 31.5 Å². The van der Waals surface area contributed by atoms with Crippen LogP contribution in [0.15, 0.2) is 30.7 Å². The molecule has 0 fully saturated rings. The number of rotatable bonds is 3. The van der Waals surface area contributed by atoms with E-state index in [2.05, 4.69) is 10.3 Å². The first kappa shape index (κ1) is 12.2. The van der Waals surface area contributed by atoms with E-state index in [1.165, 1.54) is 0 Å². The van der Waals surface area contributed by atoms with Crippen molar-refractivity contribution in [2.45, 2.75) is 20.4 Å². The third-order valence-corrected chi connectivity index (χ3v) is 2.76. The van der Waals surface area contributed by atoms with Gasteiger partial charge in [0.25, 0.3) is 5.91 Å². The molecule has 5 heteroatoms. The second-order valence-corrected chi connectivity index (χ2v) is 4.09. The van der Waals surface area contributed by atoms with E-state index < -0.39 is 0 Å². The fourth-order valence-corrected chi connectivity index (χ4v) is 1.79. The summed E-state index contributed by atoms with van der Waals surface area (Å²) in [5, 5.41) is 2.86. The number of hydrogen-bond acceptors (Lipinski definition) is 3. The Morgan fingerprint density at radius 3 is 3.00 bits per heavy atom. The van der Waals surface area contributed by atoms with Crippen molar-refractivity contribution in [3.8, 4) is 0 Å². The lowest BCUT2D eigenvalue weighted by molar-refractivity contribution is 0.101. The second-order valence-electron chi connectivity index (χ2n) is 4.09. The van der Waals surface area contributed by atoms with Gasteiger partial charge >= 0.3 is 0 Å². The Kier molecular flexibility index (Phi) is 3.32. The highest BCUT2D eigenvalue weighted by Crippen LogP contribution is 2.16. The lowest BCUT2D eigenvalue weighted by atomic mass is 10.2. The normalized spacial score (nSPS) is 10.3. The number of aromatic nitrogens is 2. The molecule has 0 saturated heterocycles. The van der Waals surface area contributed by atoms with Crippen molar-refractivity contribution in [1.82, 2.24) is 9.55 Å². The first-order valence-corrected chi connectivity index (χ1v) is 5.79. The van der Waals surface area contributed by atoms with Crippen LogP contribution in [0.1, 0.15) is 23.0 Å². The molecule has 0 saturated carbocycles. The summed E-state index contributed by atoms with van der Waals surface area (Å²) in [5.74, 6) is -0.164. The minimum absolute atomic E-state index is 0.164. The lowest BCUT2D eigenvalue weighted by Gasteiger charge is -2.09. The number of hydrogen-bond donors (Lipinski definition) is 2. The van der Waals surface area contributed by atoms with Gasteiger partial charge in [0, 0.05) is 30.8 Å². The van der Waals surface area contributed by atoms with Crippen molar-refractivity contribution in [2.24, 2.45) is 0 Å². The molecule has 0 spiro atoms. The molecule has 0 aliphatic rings. The average molecular weight is 244 g/mol. The van der Waals surface area contributed by atoms with Gasteiger partial charge < -0.3 is 15.6 Å². The molecule has 1 amide bonds. The van der Waals surface area contributed by atoms with Crippen LogP contribution in [0.5, 0.6) is 0 Å². The van der Waals surface area contributed by atoms with Crippen LogP contribution < -0.4 is 11.1 Å². The van der Waals surface area contributed by atoms with E-state index in [0.29, 0.717) is 17.9 Å². The highest BCUT2D eigenvalue weighted by Gasteiger charge is 2.12. The minimum atomic E-state index is -0.164. The molecular formula is C13H16N4O. The molecule has 0 atom stereocenters. The number of carbonyl (C=O) groups excluding carboxylic acids is 1. The Balaban J connectivity index is 2.25. The van der Waals surface area contributed by atoms with Crippen LogP contribution in [-0.2, 0) is 6.54 Å². The van der Waals surface area contributed by atoms with Gasteiger partial charge in [-0.3, -0.25) is 9.78 Å². The number of nitrogens with zero attached hydrogens (tertiary/aromatic N) is 2. The predicted octanol–water partition coefficient (Wildman–Crippen LogP) is 2.05. The number of aryl methyl sites for hydroxylation is 2. The molecule has 2 aromatic heterocycles. The minimum Gasteiger partial charge on any atom is -0.397 e. The average Bonchev–Trinajstić information content (AvgIpc) is 2.73. The molecule has 0 aliphatic carbocycles. The quantitative estimate of drug-likeness (QED) is 0.867. The number of nitrogens with one attached hydrogen (secondary N) is 1. The molecule has 2 heterocycles. The van der Waals surface area contributed by atoms with Gasteiger partial charge in [0.15, 0.2) is 0 Å². The van der Waals surface area contributed by atoms with Crippen LogP contribution in [-0.4, -0.2) is 15.5 Å². The van der Waals surface area contributed by atoms with E-state index in [4.69, 9.17) is 5.73 Å². The molecule has 2 rings (SSSR count). The third-order valence-electron chi connectivity index (χ3n) is 2.76. The van der Waals surface area contributed by atoms with Gasteiger partial charge in [-0.1, -0.05) is 0 Å². The Hall–Kier alpha value is -2.30. The monoisotopic (exact) mass is 244 g/mol. The van der Waals surface area contributed by atoms with Gasteiger partial charge in [-0.2, -0.15) is 0 Å². The summed E-state index contributed by atoms with van der Waals surface area (Å²) in [4.78, 5) is 16.1. The van der Waals surface area contributed by atoms with Crippen LogP contribution in [0.4, 0.5) is 11.4 Å². The number of pyridine rings is 1. The molecule has 0 bridgehead atoms. The van der Waals surface area contributed by atoms with Crippen LogP contribution in [0.3, 0.4) is 0 Å². The Bertz CT molecular complexity index is 574. The fraction of sp³-hybridized carbons (Fsp3) is 0.231. The van der Waals surface area contributed by atoms with E-state index in [0.717, 1.165) is 11.3 Å². The molecule has 3 N–H and O–H groups in total. The van der Waals surface area contributed by atoms with Gasteiger partial charge in [-0.25, -0.2) is 0 Å². The van der Waals surface area contributed by atoms with Crippen LogP contribution in [0, 0.1) is 6.92 Å². The number of nitrogens with two attached hydrogens (primary N) is 1. The summed E-state index contributed by atoms with van der Waals surface area (Å²) in [6.45, 7) is 4.57. The molecule has 0 aliphatic heterocycles. The van der Waals surface area contributed by atoms with Crippen molar-refractivity contribution >= 4 is 17.3 Å². The fourth-order valence-electron chi connectivity index (χ4n) is 1.79. The lowest BCUT2D eigenvalue weighted by Crippen LogP contribution is -2.17. The van der Waals surface area contributed by atoms with Crippen molar-refractivity contribution in [1.29, 1.82) is 0 Å². The Labute approximate surface area is 106 Å². The number of nitrogen functional groups attached to an aromatic ring is 1. The molecule has 2 aromatic rings. The highest BCUT2D eigenvalue weighted by atomic mass is 16.1. The summed E-state index contributed by atoms with van der Waals surface area (Å²) in [5.41, 5.74) is 8.54. The zero-order valence-electron chi connectivity index (χ0n) is 10.5. The summed E-state index contributed by atoms with van der Waals surface area (Å²) < 4.78 is 1.82. The summed E-state index contributed by atoms with van der Waals surface area (Å²) >= 11 is 0. The van der Waals surface area contributed by atoms with Crippen LogP contribution in [0.25, 0.3) is 0 Å².